The van der Waals surface area contributed by atoms with Crippen molar-refractivity contribution in [3.8, 4) is 44.5 Å². The average molecular weight is 395 g/mol. The van der Waals surface area contributed by atoms with E-state index in [4.69, 9.17) is 0 Å². The van der Waals surface area contributed by atoms with Crippen LogP contribution in [0.15, 0.2) is 121 Å². The lowest BCUT2D eigenvalue weighted by Gasteiger charge is -2.14. The van der Waals surface area contributed by atoms with E-state index in [0.29, 0.717) is 0 Å². The van der Waals surface area contributed by atoms with Crippen LogP contribution in [0.25, 0.3) is 44.5 Å². The van der Waals surface area contributed by atoms with Crippen LogP contribution in [0.5, 0.6) is 0 Å². The molecule has 146 valence electrons. The van der Waals surface area contributed by atoms with Gasteiger partial charge in [-0.15, -0.1) is 0 Å². The molecule has 0 N–H and O–H groups in total. The zero-order valence-electron chi connectivity index (χ0n) is 17.3. The summed E-state index contributed by atoms with van der Waals surface area (Å²) in [4.78, 5) is 0. The van der Waals surface area contributed by atoms with Gasteiger partial charge in [-0.2, -0.15) is 0 Å². The monoisotopic (exact) mass is 394 g/mol. The Balaban J connectivity index is 1.60. The summed E-state index contributed by atoms with van der Waals surface area (Å²) in [6.45, 7) is 0. The zero-order valence-corrected chi connectivity index (χ0v) is 17.3. The van der Waals surface area contributed by atoms with Gasteiger partial charge in [-0.3, -0.25) is 0 Å². The fraction of sp³-hybridized carbons (Fsp3) is 0.0323. The Labute approximate surface area is 183 Å². The minimum atomic E-state index is 1.02. The van der Waals surface area contributed by atoms with Crippen LogP contribution in [0, 0.1) is 0 Å². The first-order chi connectivity index (χ1) is 15.4. The Morgan fingerprint density at radius 1 is 0.355 bits per heavy atom. The predicted octanol–water partition coefficient (Wildman–Crippen LogP) is 8.26. The molecule has 0 fully saturated rings. The van der Waals surface area contributed by atoms with Crippen molar-refractivity contribution in [2.24, 2.45) is 0 Å². The first kappa shape index (κ1) is 17.9. The lowest BCUT2D eigenvalue weighted by molar-refractivity contribution is 1.26. The molecule has 0 spiro atoms. The maximum atomic E-state index is 2.35. The normalized spacial score (nSPS) is 11.7. The SMILES string of the molecule is c1ccc(-c2cc(-c3ccccc3)cc(-c3cccc4c3-c3ccccc3C4)c2)cc1. The second-order valence-corrected chi connectivity index (χ2v) is 8.20. The Hall–Kier alpha value is -3.90. The van der Waals surface area contributed by atoms with Crippen molar-refractivity contribution in [3.05, 3.63) is 132 Å². The van der Waals surface area contributed by atoms with Gasteiger partial charge < -0.3 is 0 Å². The summed E-state index contributed by atoms with van der Waals surface area (Å²) in [6, 6.07) is 44.0. The van der Waals surface area contributed by atoms with E-state index in [0.717, 1.165) is 6.42 Å². The summed E-state index contributed by atoms with van der Waals surface area (Å²) in [5.74, 6) is 0. The van der Waals surface area contributed by atoms with Crippen LogP contribution >= 0.6 is 0 Å². The Morgan fingerprint density at radius 2 is 0.871 bits per heavy atom. The van der Waals surface area contributed by atoms with E-state index in [1.165, 1.54) is 55.6 Å². The van der Waals surface area contributed by atoms with Crippen LogP contribution in [0.4, 0.5) is 0 Å². The van der Waals surface area contributed by atoms with E-state index >= 15 is 0 Å². The largest absolute Gasteiger partial charge is 0.0622 e. The standard InChI is InChI=1S/C31H22/c1-3-10-22(11-4-1)26-19-27(23-12-5-2-6-13-23)21-28(20-26)30-17-9-15-25-18-24-14-7-8-16-29(24)31(25)30/h1-17,19-21H,18H2. The molecule has 0 aliphatic heterocycles. The van der Waals surface area contributed by atoms with Crippen molar-refractivity contribution in [3.63, 3.8) is 0 Å². The van der Waals surface area contributed by atoms with Gasteiger partial charge in [0.25, 0.3) is 0 Å². The van der Waals surface area contributed by atoms with Crippen LogP contribution in [-0.4, -0.2) is 0 Å². The summed E-state index contributed by atoms with van der Waals surface area (Å²) in [5.41, 5.74) is 13.2. The van der Waals surface area contributed by atoms with Crippen molar-refractivity contribution in [1.29, 1.82) is 0 Å². The van der Waals surface area contributed by atoms with Gasteiger partial charge in [-0.25, -0.2) is 0 Å². The van der Waals surface area contributed by atoms with Gasteiger partial charge in [-0.1, -0.05) is 103 Å². The first-order valence-corrected chi connectivity index (χ1v) is 10.8. The average Bonchev–Trinajstić information content (AvgIpc) is 3.24. The van der Waals surface area contributed by atoms with Gasteiger partial charge in [0, 0.05) is 0 Å². The number of hydrogen-bond acceptors (Lipinski definition) is 0. The lowest BCUT2D eigenvalue weighted by atomic mass is 9.89. The lowest BCUT2D eigenvalue weighted by Crippen LogP contribution is -1.89. The molecule has 0 unspecified atom stereocenters. The third-order valence-corrected chi connectivity index (χ3v) is 6.28. The molecule has 0 heteroatoms. The van der Waals surface area contributed by atoms with Crippen molar-refractivity contribution >= 4 is 0 Å². The van der Waals surface area contributed by atoms with Gasteiger partial charge in [-0.05, 0) is 80.3 Å². The number of rotatable bonds is 3. The predicted molar refractivity (Wildman–Crippen MR) is 131 cm³/mol. The van der Waals surface area contributed by atoms with E-state index in [9.17, 15) is 0 Å². The van der Waals surface area contributed by atoms with E-state index in [1.54, 1.807) is 0 Å². The Bertz CT molecular complexity index is 1320. The summed E-state index contributed by atoms with van der Waals surface area (Å²) in [5, 5.41) is 0. The maximum Gasteiger partial charge on any atom is -0.00132 e. The molecule has 0 heterocycles. The van der Waals surface area contributed by atoms with E-state index < -0.39 is 0 Å². The maximum absolute atomic E-state index is 2.35. The molecule has 0 aromatic heterocycles. The number of benzene rings is 5. The molecule has 0 radical (unpaired) electrons. The summed E-state index contributed by atoms with van der Waals surface area (Å²) >= 11 is 0. The number of fused-ring (bicyclic) bond motifs is 3. The Morgan fingerprint density at radius 3 is 1.55 bits per heavy atom. The second kappa shape index (κ2) is 7.41. The molecule has 1 aliphatic carbocycles. The highest BCUT2D eigenvalue weighted by Gasteiger charge is 2.21. The van der Waals surface area contributed by atoms with Crippen LogP contribution in [0.1, 0.15) is 11.1 Å². The van der Waals surface area contributed by atoms with Gasteiger partial charge >= 0.3 is 0 Å². The first-order valence-electron chi connectivity index (χ1n) is 10.8. The molecular formula is C31H22. The minimum Gasteiger partial charge on any atom is -0.0622 e. The smallest absolute Gasteiger partial charge is 0.00132 e. The van der Waals surface area contributed by atoms with Crippen molar-refractivity contribution in [2.75, 3.05) is 0 Å². The summed E-state index contributed by atoms with van der Waals surface area (Å²) in [7, 11) is 0. The molecule has 1 aliphatic rings. The van der Waals surface area contributed by atoms with E-state index in [-0.39, 0.29) is 0 Å². The van der Waals surface area contributed by atoms with Crippen LogP contribution < -0.4 is 0 Å². The van der Waals surface area contributed by atoms with Crippen LogP contribution in [0.3, 0.4) is 0 Å². The number of hydrogen-bond donors (Lipinski definition) is 0. The topological polar surface area (TPSA) is 0 Å². The van der Waals surface area contributed by atoms with Gasteiger partial charge in [0.15, 0.2) is 0 Å². The molecule has 0 bridgehead atoms. The highest BCUT2D eigenvalue weighted by atomic mass is 14.3. The molecule has 0 atom stereocenters. The fourth-order valence-electron chi connectivity index (χ4n) is 4.81. The highest BCUT2D eigenvalue weighted by molar-refractivity contribution is 5.92. The molecule has 0 saturated heterocycles. The fourth-order valence-corrected chi connectivity index (χ4v) is 4.81. The van der Waals surface area contributed by atoms with Crippen molar-refractivity contribution in [1.82, 2.24) is 0 Å². The quantitative estimate of drug-likeness (QED) is 0.283. The Kier molecular flexibility index (Phi) is 4.28. The van der Waals surface area contributed by atoms with Crippen molar-refractivity contribution < 1.29 is 0 Å². The molecule has 6 rings (SSSR count). The van der Waals surface area contributed by atoms with Crippen LogP contribution in [-0.2, 0) is 6.42 Å². The molecule has 0 amide bonds. The van der Waals surface area contributed by atoms with Crippen LogP contribution in [0.2, 0.25) is 0 Å². The molecule has 0 saturated carbocycles. The molecule has 5 aromatic carbocycles. The zero-order chi connectivity index (χ0) is 20.6. The van der Waals surface area contributed by atoms with E-state index in [1.807, 2.05) is 0 Å². The molecule has 5 aromatic rings. The van der Waals surface area contributed by atoms with Gasteiger partial charge in [0.05, 0.1) is 0 Å². The highest BCUT2D eigenvalue weighted by Crippen LogP contribution is 2.44. The molecule has 0 nitrogen and oxygen atoms in total. The summed E-state index contributed by atoms with van der Waals surface area (Å²) in [6.07, 6.45) is 1.02. The molecule has 31 heavy (non-hydrogen) atoms. The van der Waals surface area contributed by atoms with Crippen molar-refractivity contribution in [2.45, 2.75) is 6.42 Å². The third-order valence-electron chi connectivity index (χ3n) is 6.28. The molecular weight excluding hydrogens is 372 g/mol. The summed E-state index contributed by atoms with van der Waals surface area (Å²) < 4.78 is 0. The second-order valence-electron chi connectivity index (χ2n) is 8.20. The third kappa shape index (κ3) is 3.17. The van der Waals surface area contributed by atoms with Gasteiger partial charge in [0.1, 0.15) is 0 Å². The minimum absolute atomic E-state index is 1.02. The van der Waals surface area contributed by atoms with E-state index in [2.05, 4.69) is 121 Å². The van der Waals surface area contributed by atoms with Gasteiger partial charge in [0.2, 0.25) is 0 Å².